The first-order valence-electron chi connectivity index (χ1n) is 7.14. The topological polar surface area (TPSA) is 87.7 Å². The molecule has 0 aliphatic carbocycles. The van der Waals surface area contributed by atoms with Gasteiger partial charge in [0.2, 0.25) is 11.8 Å². The second-order valence-corrected chi connectivity index (χ2v) is 4.86. The van der Waals surface area contributed by atoms with Gasteiger partial charge in [-0.25, -0.2) is 0 Å². The summed E-state index contributed by atoms with van der Waals surface area (Å²) in [6.45, 7) is 1.04. The van der Waals surface area contributed by atoms with Gasteiger partial charge in [-0.3, -0.25) is 14.4 Å². The van der Waals surface area contributed by atoms with Crippen LogP contribution in [0.1, 0.15) is 6.42 Å². The van der Waals surface area contributed by atoms with E-state index in [1.165, 1.54) is 0 Å². The second kappa shape index (κ2) is 8.02. The first-order chi connectivity index (χ1) is 10.6. The minimum Gasteiger partial charge on any atom is -0.484 e. The monoisotopic (exact) mass is 305 g/mol. The van der Waals surface area contributed by atoms with E-state index in [-0.39, 0.29) is 37.3 Å². The van der Waals surface area contributed by atoms with Crippen molar-refractivity contribution >= 4 is 17.7 Å². The van der Waals surface area contributed by atoms with Gasteiger partial charge in [0.05, 0.1) is 6.54 Å². The highest BCUT2D eigenvalue weighted by Gasteiger charge is 2.18. The average molecular weight is 305 g/mol. The lowest BCUT2D eigenvalue weighted by Gasteiger charge is -2.19. The fourth-order valence-electron chi connectivity index (χ4n) is 2.02. The Kier molecular flexibility index (Phi) is 5.76. The van der Waals surface area contributed by atoms with Crippen LogP contribution in [0.2, 0.25) is 0 Å². The highest BCUT2D eigenvalue weighted by Crippen LogP contribution is 2.07. The summed E-state index contributed by atoms with van der Waals surface area (Å²) in [4.78, 5) is 36.4. The number of amides is 3. The lowest BCUT2D eigenvalue weighted by atomic mass is 10.3. The Hall–Kier alpha value is -2.57. The summed E-state index contributed by atoms with van der Waals surface area (Å²) < 4.78 is 5.29. The maximum Gasteiger partial charge on any atom is 0.258 e. The quantitative estimate of drug-likeness (QED) is 0.770. The Morgan fingerprint density at radius 3 is 2.77 bits per heavy atom. The van der Waals surface area contributed by atoms with Gasteiger partial charge in [-0.15, -0.1) is 0 Å². The molecule has 1 saturated heterocycles. The highest BCUT2D eigenvalue weighted by atomic mass is 16.5. The van der Waals surface area contributed by atoms with Crippen molar-refractivity contribution in [3.8, 4) is 5.75 Å². The number of rotatable bonds is 5. The lowest BCUT2D eigenvalue weighted by molar-refractivity contribution is -0.133. The van der Waals surface area contributed by atoms with Gasteiger partial charge < -0.3 is 20.3 Å². The highest BCUT2D eigenvalue weighted by molar-refractivity contribution is 5.86. The van der Waals surface area contributed by atoms with E-state index < -0.39 is 0 Å². The summed E-state index contributed by atoms with van der Waals surface area (Å²) in [6.07, 6.45) is 0.288. The van der Waals surface area contributed by atoms with Crippen LogP contribution < -0.4 is 15.4 Å². The van der Waals surface area contributed by atoms with Crippen molar-refractivity contribution in [3.63, 3.8) is 0 Å². The van der Waals surface area contributed by atoms with Crippen LogP contribution in [0, 0.1) is 0 Å². The normalized spacial score (nSPS) is 14.7. The molecule has 0 atom stereocenters. The molecule has 2 rings (SSSR count). The molecule has 1 aliphatic heterocycles. The molecule has 1 aliphatic rings. The number of hydrogen-bond acceptors (Lipinski definition) is 4. The second-order valence-electron chi connectivity index (χ2n) is 4.86. The van der Waals surface area contributed by atoms with Gasteiger partial charge in [0.1, 0.15) is 5.75 Å². The number of hydrogen-bond donors (Lipinski definition) is 2. The zero-order valence-electron chi connectivity index (χ0n) is 12.2. The number of nitrogens with one attached hydrogen (secondary N) is 2. The fraction of sp³-hybridized carbons (Fsp3) is 0.400. The number of carbonyl (C=O) groups is 3. The summed E-state index contributed by atoms with van der Waals surface area (Å²) in [5.41, 5.74) is 0. The molecule has 3 amide bonds. The summed E-state index contributed by atoms with van der Waals surface area (Å²) in [7, 11) is 0. The lowest BCUT2D eigenvalue weighted by Crippen LogP contribution is -2.42. The summed E-state index contributed by atoms with van der Waals surface area (Å²) in [6, 6.07) is 8.97. The van der Waals surface area contributed by atoms with Gasteiger partial charge in [0, 0.05) is 26.1 Å². The Morgan fingerprint density at radius 1 is 1.23 bits per heavy atom. The average Bonchev–Trinajstić information content (AvgIpc) is 2.76. The molecule has 1 heterocycles. The molecule has 1 fully saturated rings. The maximum atomic E-state index is 12.0. The van der Waals surface area contributed by atoms with Gasteiger partial charge in [-0.1, -0.05) is 18.2 Å². The zero-order chi connectivity index (χ0) is 15.8. The van der Waals surface area contributed by atoms with E-state index in [0.717, 1.165) is 0 Å². The molecule has 0 bridgehead atoms. The first kappa shape index (κ1) is 15.8. The molecule has 2 N–H and O–H groups in total. The van der Waals surface area contributed by atoms with Gasteiger partial charge in [-0.2, -0.15) is 0 Å². The van der Waals surface area contributed by atoms with Crippen molar-refractivity contribution in [1.82, 2.24) is 15.5 Å². The molecular formula is C15H19N3O4. The Balaban J connectivity index is 1.69. The molecule has 1 aromatic carbocycles. The minimum atomic E-state index is -0.360. The number of ether oxygens (including phenoxy) is 1. The molecule has 118 valence electrons. The van der Waals surface area contributed by atoms with Crippen LogP contribution in [0.3, 0.4) is 0 Å². The number of carbonyl (C=O) groups excluding carboxylic acids is 3. The van der Waals surface area contributed by atoms with Crippen molar-refractivity contribution in [1.29, 1.82) is 0 Å². The largest absolute Gasteiger partial charge is 0.484 e. The van der Waals surface area contributed by atoms with E-state index >= 15 is 0 Å². The van der Waals surface area contributed by atoms with Crippen LogP contribution in [-0.4, -0.2) is 55.4 Å². The van der Waals surface area contributed by atoms with Gasteiger partial charge in [0.15, 0.2) is 6.61 Å². The molecule has 0 spiro atoms. The van der Waals surface area contributed by atoms with Crippen LogP contribution >= 0.6 is 0 Å². The zero-order valence-corrected chi connectivity index (χ0v) is 12.2. The van der Waals surface area contributed by atoms with Crippen LogP contribution in [0.5, 0.6) is 5.75 Å². The predicted octanol–water partition coefficient (Wildman–Crippen LogP) is -0.470. The number of benzene rings is 1. The van der Waals surface area contributed by atoms with Crippen LogP contribution in [0.25, 0.3) is 0 Å². The predicted molar refractivity (Wildman–Crippen MR) is 79.2 cm³/mol. The van der Waals surface area contributed by atoms with Crippen LogP contribution in [0.4, 0.5) is 0 Å². The van der Waals surface area contributed by atoms with Crippen molar-refractivity contribution < 1.29 is 19.1 Å². The molecule has 7 heteroatoms. The third kappa shape index (κ3) is 5.08. The minimum absolute atomic E-state index is 0.0596. The molecule has 22 heavy (non-hydrogen) atoms. The van der Waals surface area contributed by atoms with Crippen LogP contribution in [-0.2, 0) is 14.4 Å². The smallest absolute Gasteiger partial charge is 0.258 e. The first-order valence-corrected chi connectivity index (χ1v) is 7.14. The molecule has 0 saturated carbocycles. The van der Waals surface area contributed by atoms with Crippen molar-refractivity contribution in [2.24, 2.45) is 0 Å². The molecule has 0 aromatic heterocycles. The standard InChI is InChI=1S/C15H19N3O4/c19-13-6-8-18(9-7-16-13)15(21)10-17-14(20)11-22-12-4-2-1-3-5-12/h1-5H,6-11H2,(H,16,19)(H,17,20). The van der Waals surface area contributed by atoms with Crippen molar-refractivity contribution in [3.05, 3.63) is 30.3 Å². The van der Waals surface area contributed by atoms with Crippen LogP contribution in [0.15, 0.2) is 30.3 Å². The Morgan fingerprint density at radius 2 is 2.00 bits per heavy atom. The summed E-state index contributed by atoms with van der Waals surface area (Å²) in [5.74, 6) is -0.0255. The fourth-order valence-corrected chi connectivity index (χ4v) is 2.02. The Labute approximate surface area is 128 Å². The van der Waals surface area contributed by atoms with Gasteiger partial charge >= 0.3 is 0 Å². The van der Waals surface area contributed by atoms with E-state index in [1.807, 2.05) is 18.2 Å². The number of nitrogens with zero attached hydrogens (tertiary/aromatic N) is 1. The summed E-state index contributed by atoms with van der Waals surface area (Å²) >= 11 is 0. The number of para-hydroxylation sites is 1. The maximum absolute atomic E-state index is 12.0. The van der Waals surface area contributed by atoms with Gasteiger partial charge in [0.25, 0.3) is 5.91 Å². The summed E-state index contributed by atoms with van der Waals surface area (Å²) in [5, 5.41) is 5.21. The van der Waals surface area contributed by atoms with Crippen molar-refractivity contribution in [2.45, 2.75) is 6.42 Å². The third-order valence-corrected chi connectivity index (χ3v) is 3.22. The molecule has 0 unspecified atom stereocenters. The molecular weight excluding hydrogens is 286 g/mol. The molecule has 7 nitrogen and oxygen atoms in total. The SMILES string of the molecule is O=C1CCN(C(=O)CNC(=O)COc2ccccc2)CCN1. The van der Waals surface area contributed by atoms with E-state index in [9.17, 15) is 14.4 Å². The van der Waals surface area contributed by atoms with E-state index in [2.05, 4.69) is 10.6 Å². The van der Waals surface area contributed by atoms with Crippen molar-refractivity contribution in [2.75, 3.05) is 32.8 Å². The van der Waals surface area contributed by atoms with E-state index in [1.54, 1.807) is 17.0 Å². The Bertz CT molecular complexity index is 533. The van der Waals surface area contributed by atoms with Gasteiger partial charge in [-0.05, 0) is 12.1 Å². The molecule has 1 aromatic rings. The van der Waals surface area contributed by atoms with E-state index in [0.29, 0.717) is 25.4 Å². The third-order valence-electron chi connectivity index (χ3n) is 3.22. The molecule has 0 radical (unpaired) electrons. The van der Waals surface area contributed by atoms with E-state index in [4.69, 9.17) is 4.74 Å².